The van der Waals surface area contributed by atoms with Crippen LogP contribution < -0.4 is 15.8 Å². The Balaban J connectivity index is 1.34. The van der Waals surface area contributed by atoms with Crippen molar-refractivity contribution in [3.8, 4) is 5.69 Å². The normalized spacial score (nSPS) is 16.1. The Labute approximate surface area is 222 Å². The molecule has 5 rings (SSSR count). The maximum absolute atomic E-state index is 12.8. The quantitative estimate of drug-likeness (QED) is 0.427. The third-order valence-corrected chi connectivity index (χ3v) is 7.49. The summed E-state index contributed by atoms with van der Waals surface area (Å²) in [6, 6.07) is 15.8. The molecule has 0 bridgehead atoms. The van der Waals surface area contributed by atoms with Gasteiger partial charge < -0.3 is 19.7 Å². The van der Waals surface area contributed by atoms with E-state index in [0.717, 1.165) is 60.0 Å². The number of fused-ring (bicyclic) bond motifs is 1. The summed E-state index contributed by atoms with van der Waals surface area (Å²) in [5.74, 6) is 0.0159. The number of hydrogen-bond acceptors (Lipinski definition) is 6. The minimum absolute atomic E-state index is 0.0159. The molecule has 198 valence electrons. The molecule has 1 fully saturated rings. The van der Waals surface area contributed by atoms with E-state index in [0.29, 0.717) is 11.6 Å². The summed E-state index contributed by atoms with van der Waals surface area (Å²) in [5, 5.41) is 3.98. The Morgan fingerprint density at radius 3 is 2.53 bits per heavy atom. The van der Waals surface area contributed by atoms with Crippen LogP contribution in [0, 0.1) is 0 Å². The van der Waals surface area contributed by atoms with Gasteiger partial charge in [0.25, 0.3) is 11.5 Å². The molecule has 1 N–H and O–H groups in total. The van der Waals surface area contributed by atoms with Crippen molar-refractivity contribution in [3.05, 3.63) is 82.5 Å². The molecule has 3 aromatic heterocycles. The van der Waals surface area contributed by atoms with Crippen LogP contribution in [0.3, 0.4) is 0 Å². The summed E-state index contributed by atoms with van der Waals surface area (Å²) in [4.78, 5) is 36.1. The van der Waals surface area contributed by atoms with Crippen molar-refractivity contribution in [1.82, 2.24) is 23.9 Å². The first-order valence-corrected chi connectivity index (χ1v) is 12.9. The van der Waals surface area contributed by atoms with Crippen LogP contribution in [0.15, 0.2) is 65.7 Å². The number of carbonyl (C=O) groups excluding carboxylic acids is 1. The summed E-state index contributed by atoms with van der Waals surface area (Å²) in [6.07, 6.45) is 3.57. The van der Waals surface area contributed by atoms with E-state index in [-0.39, 0.29) is 11.5 Å². The van der Waals surface area contributed by atoms with Crippen LogP contribution in [0.4, 0.5) is 11.4 Å². The van der Waals surface area contributed by atoms with E-state index in [1.54, 1.807) is 49.1 Å². The second-order valence-corrected chi connectivity index (χ2v) is 10.1. The standard InChI is InChI=1S/C29H35N7O2/c1-20-18-35(23-8-6-21(7-9-23)29(38)32(3)4)15-14-34(20)19-24-17-25-26(10-12-31-28(25)33(24)5)36-13-11-22(30-2)16-27(36)37/h6-13,16-17,20,30H,14-15,18-19H2,1-5H3. The molecule has 1 aliphatic heterocycles. The van der Waals surface area contributed by atoms with Crippen LogP contribution >= 0.6 is 0 Å². The number of aryl methyl sites for hydroxylation is 1. The maximum atomic E-state index is 12.8. The lowest BCUT2D eigenvalue weighted by atomic mass is 10.1. The van der Waals surface area contributed by atoms with Gasteiger partial charge in [-0.25, -0.2) is 4.98 Å². The number of piperazine rings is 1. The molecule has 9 heteroatoms. The van der Waals surface area contributed by atoms with Gasteiger partial charge in [-0.15, -0.1) is 0 Å². The van der Waals surface area contributed by atoms with Crippen molar-refractivity contribution < 1.29 is 4.79 Å². The number of nitrogens with one attached hydrogen (secondary N) is 1. The Hall–Kier alpha value is -4.11. The molecule has 0 aliphatic carbocycles. The fraction of sp³-hybridized carbons (Fsp3) is 0.345. The fourth-order valence-electron chi connectivity index (χ4n) is 5.20. The smallest absolute Gasteiger partial charge is 0.257 e. The van der Waals surface area contributed by atoms with Crippen LogP contribution in [0.2, 0.25) is 0 Å². The lowest BCUT2D eigenvalue weighted by Crippen LogP contribution is -2.51. The van der Waals surface area contributed by atoms with Crippen molar-refractivity contribution in [2.75, 3.05) is 51.0 Å². The zero-order valence-corrected chi connectivity index (χ0v) is 22.7. The first-order chi connectivity index (χ1) is 18.3. The highest BCUT2D eigenvalue weighted by molar-refractivity contribution is 5.94. The molecule has 1 aromatic carbocycles. The molecule has 1 atom stereocenters. The average Bonchev–Trinajstić information content (AvgIpc) is 3.24. The Bertz CT molecular complexity index is 1520. The second-order valence-electron chi connectivity index (χ2n) is 10.1. The van der Waals surface area contributed by atoms with Crippen LogP contribution in [-0.4, -0.2) is 76.6 Å². The van der Waals surface area contributed by atoms with Crippen molar-refractivity contribution in [2.45, 2.75) is 19.5 Å². The molecule has 9 nitrogen and oxygen atoms in total. The number of pyridine rings is 2. The van der Waals surface area contributed by atoms with Gasteiger partial charge in [0.05, 0.1) is 5.69 Å². The van der Waals surface area contributed by atoms with Crippen molar-refractivity contribution in [3.63, 3.8) is 0 Å². The molecule has 1 aliphatic rings. The van der Waals surface area contributed by atoms with E-state index in [2.05, 4.69) is 37.7 Å². The zero-order valence-electron chi connectivity index (χ0n) is 22.7. The van der Waals surface area contributed by atoms with Crippen molar-refractivity contribution >= 4 is 28.3 Å². The van der Waals surface area contributed by atoms with Gasteiger partial charge in [0.2, 0.25) is 0 Å². The van der Waals surface area contributed by atoms with E-state index in [4.69, 9.17) is 0 Å². The van der Waals surface area contributed by atoms with E-state index >= 15 is 0 Å². The van der Waals surface area contributed by atoms with Crippen LogP contribution in [-0.2, 0) is 13.6 Å². The maximum Gasteiger partial charge on any atom is 0.257 e. The van der Waals surface area contributed by atoms with Gasteiger partial charge in [-0.2, -0.15) is 0 Å². The molecule has 0 spiro atoms. The van der Waals surface area contributed by atoms with Crippen LogP contribution in [0.25, 0.3) is 16.7 Å². The van der Waals surface area contributed by atoms with E-state index in [1.165, 1.54) is 0 Å². The number of benzene rings is 1. The summed E-state index contributed by atoms with van der Waals surface area (Å²) in [5.41, 5.74) is 5.40. The van der Waals surface area contributed by atoms with Gasteiger partial charge in [-0.05, 0) is 49.4 Å². The minimum Gasteiger partial charge on any atom is -0.388 e. The molecule has 1 amide bonds. The first kappa shape index (κ1) is 25.5. The highest BCUT2D eigenvalue weighted by atomic mass is 16.2. The number of nitrogens with zero attached hydrogens (tertiary/aromatic N) is 6. The Morgan fingerprint density at radius 2 is 1.87 bits per heavy atom. The molecule has 0 radical (unpaired) electrons. The van der Waals surface area contributed by atoms with Gasteiger partial charge >= 0.3 is 0 Å². The Morgan fingerprint density at radius 1 is 1.11 bits per heavy atom. The molecule has 1 saturated heterocycles. The number of rotatable bonds is 6. The molecule has 1 unspecified atom stereocenters. The third kappa shape index (κ3) is 4.77. The average molecular weight is 514 g/mol. The predicted molar refractivity (Wildman–Crippen MR) is 152 cm³/mol. The molecule has 38 heavy (non-hydrogen) atoms. The third-order valence-electron chi connectivity index (χ3n) is 7.49. The van der Waals surface area contributed by atoms with Gasteiger partial charge in [-0.3, -0.25) is 19.1 Å². The number of hydrogen-bond donors (Lipinski definition) is 1. The highest BCUT2D eigenvalue weighted by Crippen LogP contribution is 2.26. The number of amides is 1. The van der Waals surface area contributed by atoms with Crippen molar-refractivity contribution in [2.24, 2.45) is 7.05 Å². The van der Waals surface area contributed by atoms with Gasteiger partial charge in [0.15, 0.2) is 0 Å². The van der Waals surface area contributed by atoms with E-state index in [1.807, 2.05) is 43.4 Å². The molecular formula is C29H35N7O2. The lowest BCUT2D eigenvalue weighted by molar-refractivity contribution is 0.0827. The number of aromatic nitrogens is 3. The first-order valence-electron chi connectivity index (χ1n) is 12.9. The zero-order chi connectivity index (χ0) is 27.0. The summed E-state index contributed by atoms with van der Waals surface area (Å²) >= 11 is 0. The topological polar surface area (TPSA) is 78.6 Å². The Kier molecular flexibility index (Phi) is 6.94. The summed E-state index contributed by atoms with van der Waals surface area (Å²) < 4.78 is 3.80. The van der Waals surface area contributed by atoms with Crippen LogP contribution in [0.5, 0.6) is 0 Å². The van der Waals surface area contributed by atoms with Gasteiger partial charge in [0.1, 0.15) is 5.65 Å². The minimum atomic E-state index is -0.0846. The summed E-state index contributed by atoms with van der Waals surface area (Å²) in [7, 11) is 7.38. The molecule has 0 saturated carbocycles. The predicted octanol–water partition coefficient (Wildman–Crippen LogP) is 3.18. The van der Waals surface area contributed by atoms with Gasteiger partial charge in [-0.1, -0.05) is 0 Å². The summed E-state index contributed by atoms with van der Waals surface area (Å²) in [6.45, 7) is 5.79. The largest absolute Gasteiger partial charge is 0.388 e. The van der Waals surface area contributed by atoms with Crippen LogP contribution in [0.1, 0.15) is 23.0 Å². The SMILES string of the molecule is CNc1ccn(-c2ccnc3c2cc(CN2CCN(c4ccc(C(=O)N(C)C)cc4)CC2C)n3C)c(=O)c1. The second kappa shape index (κ2) is 10.3. The lowest BCUT2D eigenvalue weighted by Gasteiger charge is -2.41. The molecule has 4 heterocycles. The van der Waals surface area contributed by atoms with Gasteiger partial charge in [0, 0.05) is 107 Å². The van der Waals surface area contributed by atoms with E-state index < -0.39 is 0 Å². The highest BCUT2D eigenvalue weighted by Gasteiger charge is 2.25. The molecule has 4 aromatic rings. The monoisotopic (exact) mass is 513 g/mol. The molecular weight excluding hydrogens is 478 g/mol. The number of anilines is 2. The van der Waals surface area contributed by atoms with Crippen molar-refractivity contribution in [1.29, 1.82) is 0 Å². The number of carbonyl (C=O) groups is 1. The van der Waals surface area contributed by atoms with E-state index in [9.17, 15) is 9.59 Å². The fourth-order valence-corrected chi connectivity index (χ4v) is 5.20.